The van der Waals surface area contributed by atoms with E-state index in [2.05, 4.69) is 5.32 Å². The first kappa shape index (κ1) is 13.5. The van der Waals surface area contributed by atoms with Crippen LogP contribution in [0.25, 0.3) is 0 Å². The third-order valence-corrected chi connectivity index (χ3v) is 2.99. The van der Waals surface area contributed by atoms with Crippen LogP contribution in [-0.2, 0) is 20.0 Å². The van der Waals surface area contributed by atoms with Crippen LogP contribution in [0.3, 0.4) is 0 Å². The Kier molecular flexibility index (Phi) is 4.72. The minimum Gasteiger partial charge on any atom is -0.361 e. The highest BCUT2D eigenvalue weighted by molar-refractivity contribution is 5.21. The fourth-order valence-corrected chi connectivity index (χ4v) is 2.16. The molecule has 0 aliphatic carbocycles. The number of morpholine rings is 1. The summed E-state index contributed by atoms with van der Waals surface area (Å²) in [5.74, 6) is -0.691. The second kappa shape index (κ2) is 6.29. The Morgan fingerprint density at radius 2 is 2.06 bits per heavy atom. The van der Waals surface area contributed by atoms with Crippen molar-refractivity contribution in [3.05, 3.63) is 35.9 Å². The molecule has 0 spiro atoms. The van der Waals surface area contributed by atoms with Gasteiger partial charge in [0.15, 0.2) is 0 Å². The van der Waals surface area contributed by atoms with Crippen molar-refractivity contribution in [2.45, 2.75) is 25.9 Å². The fourth-order valence-electron chi connectivity index (χ4n) is 2.16. The Hall–Kier alpha value is -0.940. The van der Waals surface area contributed by atoms with Crippen LogP contribution in [0.2, 0.25) is 0 Å². The molecule has 1 aromatic carbocycles. The van der Waals surface area contributed by atoms with Gasteiger partial charge < -0.3 is 14.2 Å². The zero-order valence-electron chi connectivity index (χ0n) is 11.0. The van der Waals surface area contributed by atoms with Gasteiger partial charge in [-0.1, -0.05) is 30.3 Å². The summed E-state index contributed by atoms with van der Waals surface area (Å²) < 4.78 is 17.3. The van der Waals surface area contributed by atoms with Gasteiger partial charge in [0.1, 0.15) is 6.23 Å². The average Bonchev–Trinajstić information content (AvgIpc) is 2.43. The van der Waals surface area contributed by atoms with E-state index in [0.717, 1.165) is 5.56 Å². The Labute approximate surface area is 108 Å². The topological polar surface area (TPSA) is 39.7 Å². The van der Waals surface area contributed by atoms with Crippen LogP contribution >= 0.6 is 0 Å². The Balaban J connectivity index is 2.10. The second-order valence-corrected chi connectivity index (χ2v) is 4.19. The summed E-state index contributed by atoms with van der Waals surface area (Å²) in [5.41, 5.74) is 1.04. The summed E-state index contributed by atoms with van der Waals surface area (Å²) in [5, 5.41) is 3.32. The molecule has 0 radical (unpaired) electrons. The molecule has 2 rings (SSSR count). The van der Waals surface area contributed by atoms with Crippen LogP contribution in [0.1, 0.15) is 19.4 Å². The minimum absolute atomic E-state index is 0.0488. The van der Waals surface area contributed by atoms with E-state index in [1.807, 2.05) is 44.2 Å². The molecule has 18 heavy (non-hydrogen) atoms. The van der Waals surface area contributed by atoms with Gasteiger partial charge in [0.05, 0.1) is 13.2 Å². The number of rotatable bonds is 5. The lowest BCUT2D eigenvalue weighted by Crippen LogP contribution is -2.55. The van der Waals surface area contributed by atoms with Crippen LogP contribution in [0.5, 0.6) is 0 Å². The van der Waals surface area contributed by atoms with E-state index < -0.39 is 5.79 Å². The summed E-state index contributed by atoms with van der Waals surface area (Å²) in [4.78, 5) is 0. The molecule has 4 heteroatoms. The maximum absolute atomic E-state index is 5.95. The maximum atomic E-state index is 5.95. The molecule has 4 nitrogen and oxygen atoms in total. The number of hydrogen-bond donors (Lipinski definition) is 1. The van der Waals surface area contributed by atoms with Crippen LogP contribution < -0.4 is 5.32 Å². The molecule has 1 N–H and O–H groups in total. The van der Waals surface area contributed by atoms with Crippen LogP contribution in [0.4, 0.5) is 0 Å². The quantitative estimate of drug-likeness (QED) is 0.867. The molecule has 1 saturated heterocycles. The smallest absolute Gasteiger partial charge is 0.207 e. The molecule has 0 saturated carbocycles. The van der Waals surface area contributed by atoms with Crippen LogP contribution in [0, 0.1) is 0 Å². The van der Waals surface area contributed by atoms with Crippen molar-refractivity contribution < 1.29 is 14.2 Å². The van der Waals surface area contributed by atoms with E-state index >= 15 is 0 Å². The predicted molar refractivity (Wildman–Crippen MR) is 69.1 cm³/mol. The van der Waals surface area contributed by atoms with E-state index in [4.69, 9.17) is 14.2 Å². The summed E-state index contributed by atoms with van der Waals surface area (Å²) in [6.07, 6.45) is -0.0488. The van der Waals surface area contributed by atoms with Crippen molar-refractivity contribution in [2.75, 3.05) is 26.4 Å². The molecule has 0 amide bonds. The SMILES string of the molecule is CCOC1COC(OCC)(c2ccccc2)CN1. The number of nitrogens with one attached hydrogen (secondary N) is 1. The molecular weight excluding hydrogens is 230 g/mol. The molecule has 1 fully saturated rings. The molecule has 1 heterocycles. The van der Waals surface area contributed by atoms with Crippen molar-refractivity contribution in [2.24, 2.45) is 0 Å². The van der Waals surface area contributed by atoms with E-state index in [1.165, 1.54) is 0 Å². The molecule has 2 atom stereocenters. The summed E-state index contributed by atoms with van der Waals surface area (Å²) in [6, 6.07) is 10.0. The third-order valence-electron chi connectivity index (χ3n) is 2.99. The average molecular weight is 251 g/mol. The van der Waals surface area contributed by atoms with Crippen molar-refractivity contribution >= 4 is 0 Å². The molecule has 2 unspecified atom stereocenters. The van der Waals surface area contributed by atoms with E-state index in [1.54, 1.807) is 0 Å². The van der Waals surface area contributed by atoms with Gasteiger partial charge in [-0.15, -0.1) is 0 Å². The number of ether oxygens (including phenoxy) is 3. The van der Waals surface area contributed by atoms with Gasteiger partial charge in [-0.2, -0.15) is 0 Å². The number of hydrogen-bond acceptors (Lipinski definition) is 4. The lowest BCUT2D eigenvalue weighted by Gasteiger charge is -2.40. The van der Waals surface area contributed by atoms with Gasteiger partial charge in [-0.3, -0.25) is 5.32 Å². The Morgan fingerprint density at radius 1 is 1.28 bits per heavy atom. The summed E-state index contributed by atoms with van der Waals surface area (Å²) in [6.45, 7) is 6.31. The third kappa shape index (κ3) is 2.90. The van der Waals surface area contributed by atoms with Crippen molar-refractivity contribution in [3.8, 4) is 0 Å². The lowest BCUT2D eigenvalue weighted by molar-refractivity contribution is -0.279. The van der Waals surface area contributed by atoms with Crippen molar-refractivity contribution in [3.63, 3.8) is 0 Å². The standard InChI is InChI=1S/C14H21NO3/c1-3-16-13-10-18-14(11-15-13,17-4-2)12-8-6-5-7-9-12/h5-9,13,15H,3-4,10-11H2,1-2H3. The maximum Gasteiger partial charge on any atom is 0.207 e. The molecular formula is C14H21NO3. The molecule has 100 valence electrons. The monoisotopic (exact) mass is 251 g/mol. The van der Waals surface area contributed by atoms with Gasteiger partial charge in [-0.05, 0) is 13.8 Å². The van der Waals surface area contributed by atoms with Crippen molar-refractivity contribution in [1.29, 1.82) is 0 Å². The van der Waals surface area contributed by atoms with Crippen LogP contribution in [0.15, 0.2) is 30.3 Å². The molecule has 1 aliphatic heterocycles. The normalized spacial score (nSPS) is 28.2. The summed E-state index contributed by atoms with van der Waals surface area (Å²) in [7, 11) is 0. The predicted octanol–water partition coefficient (Wildman–Crippen LogP) is 1.86. The zero-order chi connectivity index (χ0) is 12.8. The lowest BCUT2D eigenvalue weighted by atomic mass is 10.0. The van der Waals surface area contributed by atoms with Gasteiger partial charge in [-0.25, -0.2) is 0 Å². The van der Waals surface area contributed by atoms with Gasteiger partial charge in [0.2, 0.25) is 5.79 Å². The highest BCUT2D eigenvalue weighted by Gasteiger charge is 2.38. The molecule has 1 aromatic rings. The Morgan fingerprint density at radius 3 is 2.61 bits per heavy atom. The van der Waals surface area contributed by atoms with Crippen molar-refractivity contribution in [1.82, 2.24) is 5.32 Å². The highest BCUT2D eigenvalue weighted by atomic mass is 16.7. The number of benzene rings is 1. The summed E-state index contributed by atoms with van der Waals surface area (Å²) >= 11 is 0. The molecule has 1 aliphatic rings. The van der Waals surface area contributed by atoms with Gasteiger partial charge in [0.25, 0.3) is 0 Å². The Bertz CT molecular complexity index is 347. The second-order valence-electron chi connectivity index (χ2n) is 4.19. The first-order valence-electron chi connectivity index (χ1n) is 6.49. The van der Waals surface area contributed by atoms with Crippen LogP contribution in [-0.4, -0.2) is 32.6 Å². The highest BCUT2D eigenvalue weighted by Crippen LogP contribution is 2.29. The minimum atomic E-state index is -0.691. The van der Waals surface area contributed by atoms with Gasteiger partial charge >= 0.3 is 0 Å². The zero-order valence-corrected chi connectivity index (χ0v) is 11.0. The molecule has 0 bridgehead atoms. The molecule has 0 aromatic heterocycles. The fraction of sp³-hybridized carbons (Fsp3) is 0.571. The largest absolute Gasteiger partial charge is 0.361 e. The first-order chi connectivity index (χ1) is 8.80. The van der Waals surface area contributed by atoms with E-state index in [0.29, 0.717) is 26.4 Å². The van der Waals surface area contributed by atoms with E-state index in [9.17, 15) is 0 Å². The van der Waals surface area contributed by atoms with E-state index in [-0.39, 0.29) is 6.23 Å². The van der Waals surface area contributed by atoms with Gasteiger partial charge in [0, 0.05) is 18.8 Å². The first-order valence-corrected chi connectivity index (χ1v) is 6.49.